The number of anilines is 1. The first-order valence-corrected chi connectivity index (χ1v) is 12.4. The van der Waals surface area contributed by atoms with Crippen LogP contribution in [0.1, 0.15) is 54.5 Å². The Morgan fingerprint density at radius 2 is 1.60 bits per heavy atom. The second kappa shape index (κ2) is 8.44. The summed E-state index contributed by atoms with van der Waals surface area (Å²) in [4.78, 5) is 13.6. The first-order valence-electron chi connectivity index (χ1n) is 10.8. The van der Waals surface area contributed by atoms with Gasteiger partial charge in [-0.2, -0.15) is 0 Å². The van der Waals surface area contributed by atoms with Crippen LogP contribution in [0.2, 0.25) is 0 Å². The number of nitrogens with one attached hydrogen (secondary N) is 3. The molecule has 0 aromatic heterocycles. The van der Waals surface area contributed by atoms with Gasteiger partial charge in [0.25, 0.3) is 0 Å². The lowest BCUT2D eigenvalue weighted by Gasteiger charge is -2.19. The maximum atomic E-state index is 13.8. The zero-order chi connectivity index (χ0) is 21.3. The summed E-state index contributed by atoms with van der Waals surface area (Å²) in [5.74, 6) is 0. The van der Waals surface area contributed by atoms with Crippen LogP contribution in [-0.2, 0) is 35.4 Å². The number of carbonyl (C=O) groups is 1. The van der Waals surface area contributed by atoms with Crippen molar-refractivity contribution < 1.29 is 9.00 Å². The molecule has 0 fully saturated rings. The zero-order valence-corrected chi connectivity index (χ0v) is 18.8. The maximum absolute atomic E-state index is 13.8. The standard InChI is InChI=1S/C24H31N3O2S/c1-16(2)25-15-30(29,20-12-10-17(3)11-13-20)27-24(28)26-23-21-8-4-6-18(21)14-19-7-5-9-22(19)23/h10-16,25H,4-9H2,1-3H3,(H2,26,27,28,29). The van der Waals surface area contributed by atoms with Gasteiger partial charge in [0.2, 0.25) is 0 Å². The van der Waals surface area contributed by atoms with Gasteiger partial charge in [0, 0.05) is 11.7 Å². The van der Waals surface area contributed by atoms with Crippen molar-refractivity contribution in [3.63, 3.8) is 0 Å². The lowest BCUT2D eigenvalue weighted by molar-refractivity contribution is 0.257. The fourth-order valence-electron chi connectivity index (χ4n) is 4.37. The molecule has 0 saturated carbocycles. The molecule has 2 aromatic rings. The summed E-state index contributed by atoms with van der Waals surface area (Å²) in [5.41, 5.74) is 8.81. The van der Waals surface area contributed by atoms with Gasteiger partial charge in [0.15, 0.2) is 0 Å². The minimum atomic E-state index is -2.93. The molecule has 30 heavy (non-hydrogen) atoms. The molecule has 3 N–H and O–H groups in total. The highest BCUT2D eigenvalue weighted by atomic mass is 32.2. The van der Waals surface area contributed by atoms with Crippen molar-refractivity contribution in [2.45, 2.75) is 70.2 Å². The second-order valence-electron chi connectivity index (χ2n) is 8.64. The van der Waals surface area contributed by atoms with Crippen LogP contribution in [0.25, 0.3) is 0 Å². The molecular formula is C24H31N3O2S. The number of urea groups is 1. The number of benzene rings is 2. The summed E-state index contributed by atoms with van der Waals surface area (Å²) in [6.07, 6.45) is 6.39. The molecule has 2 aromatic carbocycles. The van der Waals surface area contributed by atoms with E-state index in [4.69, 9.17) is 0 Å². The van der Waals surface area contributed by atoms with E-state index in [0.717, 1.165) is 49.8 Å². The molecule has 2 aliphatic rings. The van der Waals surface area contributed by atoms with Gasteiger partial charge in [-0.15, -0.1) is 0 Å². The fourth-order valence-corrected chi connectivity index (χ4v) is 6.02. The summed E-state index contributed by atoms with van der Waals surface area (Å²) in [6, 6.07) is 9.48. The van der Waals surface area contributed by atoms with Crippen molar-refractivity contribution in [3.05, 3.63) is 58.1 Å². The fraction of sp³-hybridized carbons (Fsp3) is 0.417. The summed E-state index contributed by atoms with van der Waals surface area (Å²) in [5, 5.41) is 6.20. The summed E-state index contributed by atoms with van der Waals surface area (Å²) in [6.45, 7) is 5.93. The highest BCUT2D eigenvalue weighted by Crippen LogP contribution is 2.38. The number of hydrogen-bond acceptors (Lipinski definition) is 2. The number of fused-ring (bicyclic) bond motifs is 2. The predicted octanol–water partition coefficient (Wildman–Crippen LogP) is 4.11. The monoisotopic (exact) mass is 425 g/mol. The van der Waals surface area contributed by atoms with Crippen LogP contribution in [0.5, 0.6) is 0 Å². The first-order chi connectivity index (χ1) is 14.4. The van der Waals surface area contributed by atoms with Crippen LogP contribution >= 0.6 is 0 Å². The van der Waals surface area contributed by atoms with Gasteiger partial charge >= 0.3 is 6.03 Å². The van der Waals surface area contributed by atoms with E-state index in [1.165, 1.54) is 27.7 Å². The molecule has 0 saturated heterocycles. The third kappa shape index (κ3) is 4.25. The Hall–Kier alpha value is -2.31. The number of rotatable bonds is 5. The summed E-state index contributed by atoms with van der Waals surface area (Å²) >= 11 is 0. The van der Waals surface area contributed by atoms with Crippen LogP contribution < -0.4 is 15.4 Å². The van der Waals surface area contributed by atoms with E-state index in [1.54, 1.807) is 0 Å². The summed E-state index contributed by atoms with van der Waals surface area (Å²) < 4.78 is 16.6. The van der Waals surface area contributed by atoms with Gasteiger partial charge in [-0.1, -0.05) is 23.8 Å². The third-order valence-electron chi connectivity index (χ3n) is 5.89. The SMILES string of the molecule is Cc1ccc(S(=O)(=CNC(C)C)NC(=O)Nc2c3c(cc4c2CCC4)CCC3)cc1. The van der Waals surface area contributed by atoms with Crippen molar-refractivity contribution in [1.29, 1.82) is 0 Å². The molecule has 1 atom stereocenters. The predicted molar refractivity (Wildman–Crippen MR) is 125 cm³/mol. The van der Waals surface area contributed by atoms with Gasteiger partial charge in [-0.25, -0.2) is 9.00 Å². The highest BCUT2D eigenvalue weighted by Gasteiger charge is 2.25. The normalized spacial score (nSPS) is 16.7. The third-order valence-corrected chi connectivity index (χ3v) is 7.82. The van der Waals surface area contributed by atoms with Gasteiger partial charge in [-0.3, -0.25) is 10.0 Å². The van der Waals surface area contributed by atoms with Crippen molar-refractivity contribution in [2.24, 2.45) is 0 Å². The van der Waals surface area contributed by atoms with Crippen LogP contribution in [-0.4, -0.2) is 21.8 Å². The van der Waals surface area contributed by atoms with Crippen LogP contribution in [0.15, 0.2) is 35.2 Å². The van der Waals surface area contributed by atoms with E-state index in [2.05, 4.69) is 21.4 Å². The van der Waals surface area contributed by atoms with E-state index < -0.39 is 15.7 Å². The Balaban J connectivity index is 1.64. The quantitative estimate of drug-likeness (QED) is 0.632. The Morgan fingerprint density at radius 3 is 2.17 bits per heavy atom. The highest BCUT2D eigenvalue weighted by molar-refractivity contribution is 8.00. The molecule has 160 valence electrons. The van der Waals surface area contributed by atoms with Crippen molar-refractivity contribution in [2.75, 3.05) is 5.32 Å². The topological polar surface area (TPSA) is 70.2 Å². The molecule has 0 aliphatic heterocycles. The Morgan fingerprint density at radius 1 is 1.00 bits per heavy atom. The van der Waals surface area contributed by atoms with Crippen LogP contribution in [0.4, 0.5) is 10.5 Å². The number of amides is 2. The number of aryl methyl sites for hydroxylation is 3. The second-order valence-corrected chi connectivity index (χ2v) is 10.8. The molecule has 1 unspecified atom stereocenters. The van der Waals surface area contributed by atoms with Gasteiger partial charge < -0.3 is 5.32 Å². The van der Waals surface area contributed by atoms with E-state index in [9.17, 15) is 9.00 Å². The van der Waals surface area contributed by atoms with E-state index in [0.29, 0.717) is 4.90 Å². The Bertz CT molecular complexity index is 1050. The average molecular weight is 426 g/mol. The maximum Gasteiger partial charge on any atom is 0.330 e. The molecule has 2 amide bonds. The van der Waals surface area contributed by atoms with E-state index in [1.807, 2.05) is 45.0 Å². The molecular weight excluding hydrogens is 394 g/mol. The average Bonchev–Trinajstić information content (AvgIpc) is 3.36. The Kier molecular flexibility index (Phi) is 5.89. The van der Waals surface area contributed by atoms with Gasteiger partial charge in [0.1, 0.15) is 0 Å². The molecule has 2 aliphatic carbocycles. The largest absolute Gasteiger partial charge is 0.330 e. The van der Waals surface area contributed by atoms with Crippen LogP contribution in [0.3, 0.4) is 0 Å². The van der Waals surface area contributed by atoms with Crippen molar-refractivity contribution in [3.8, 4) is 0 Å². The van der Waals surface area contributed by atoms with E-state index >= 15 is 0 Å². The zero-order valence-electron chi connectivity index (χ0n) is 18.0. The molecule has 0 bridgehead atoms. The van der Waals surface area contributed by atoms with Gasteiger partial charge in [0.05, 0.1) is 20.1 Å². The van der Waals surface area contributed by atoms with Crippen molar-refractivity contribution in [1.82, 2.24) is 10.0 Å². The molecule has 5 nitrogen and oxygen atoms in total. The number of hydrogen-bond donors (Lipinski definition) is 3. The molecule has 0 heterocycles. The lowest BCUT2D eigenvalue weighted by atomic mass is 9.99. The molecule has 4 rings (SSSR count). The van der Waals surface area contributed by atoms with Gasteiger partial charge in [-0.05, 0) is 93.7 Å². The minimum absolute atomic E-state index is 0.113. The van der Waals surface area contributed by atoms with E-state index in [-0.39, 0.29) is 6.04 Å². The Labute approximate surface area is 179 Å². The molecule has 0 radical (unpaired) electrons. The smallest absolute Gasteiger partial charge is 0.307 e. The van der Waals surface area contributed by atoms with Crippen molar-refractivity contribution >= 4 is 26.9 Å². The van der Waals surface area contributed by atoms with Crippen LogP contribution in [0, 0.1) is 6.92 Å². The lowest BCUT2D eigenvalue weighted by Crippen LogP contribution is -2.39. The first kappa shape index (κ1) is 20.9. The number of carbonyl (C=O) groups excluding carboxylic acids is 1. The molecule has 6 heteroatoms. The molecule has 0 spiro atoms. The summed E-state index contributed by atoms with van der Waals surface area (Å²) in [7, 11) is -2.93. The minimum Gasteiger partial charge on any atom is -0.307 e.